The number of benzene rings is 11. The number of anilines is 3. The summed E-state index contributed by atoms with van der Waals surface area (Å²) in [6, 6.07) is 92.0. The van der Waals surface area contributed by atoms with E-state index in [0.717, 1.165) is 66.9 Å². The van der Waals surface area contributed by atoms with E-state index in [0.29, 0.717) is 0 Å². The standard InChI is InChI=1S/C64H42N2O/c1-2-14-46-40-50(28-27-43(46)13-1)45-31-36-53(37-32-45)65(60-23-7-3-19-55(60)51-33-38-59-58-22-6-10-26-63(58)67-64(59)42-51)52-34-29-44(30-35-52)47-15-11-16-48(39-47)49-17-12-18-54(41-49)66-61-24-8-4-20-56(61)57-21-5-9-25-62(57)66/h1-42H. The first-order chi connectivity index (χ1) is 33.2. The van der Waals surface area contributed by atoms with Gasteiger partial charge in [0.1, 0.15) is 11.2 Å². The zero-order valence-corrected chi connectivity index (χ0v) is 36.6. The number of rotatable bonds is 8. The highest BCUT2D eigenvalue weighted by Gasteiger charge is 2.19. The molecule has 0 fully saturated rings. The lowest BCUT2D eigenvalue weighted by molar-refractivity contribution is 0.669. The third-order valence-electron chi connectivity index (χ3n) is 13.4. The predicted molar refractivity (Wildman–Crippen MR) is 282 cm³/mol. The van der Waals surface area contributed by atoms with Crippen LogP contribution in [0.3, 0.4) is 0 Å². The van der Waals surface area contributed by atoms with Gasteiger partial charge in [-0.05, 0) is 135 Å². The fourth-order valence-electron chi connectivity index (χ4n) is 10.1. The predicted octanol–water partition coefficient (Wildman–Crippen LogP) is 18.0. The van der Waals surface area contributed by atoms with E-state index in [4.69, 9.17) is 4.42 Å². The SMILES string of the molecule is c1cc(-c2ccc(N(c3ccc(-c4ccc5ccccc5c4)cc3)c3ccccc3-c3ccc4c(c3)oc3ccccc34)cc2)cc(-c2cccc(-n3c4ccccc4c4ccccc43)c2)c1. The van der Waals surface area contributed by atoms with Gasteiger partial charge in [0.05, 0.1) is 16.7 Å². The number of furan rings is 1. The molecule has 0 aliphatic rings. The number of hydrogen-bond acceptors (Lipinski definition) is 2. The minimum atomic E-state index is 0.879. The molecule has 13 aromatic rings. The quantitative estimate of drug-likeness (QED) is 0.152. The zero-order valence-electron chi connectivity index (χ0n) is 36.6. The lowest BCUT2D eigenvalue weighted by Gasteiger charge is -2.28. The van der Waals surface area contributed by atoms with Crippen LogP contribution in [0.15, 0.2) is 259 Å². The van der Waals surface area contributed by atoms with Gasteiger partial charge in [-0.3, -0.25) is 0 Å². The van der Waals surface area contributed by atoms with Crippen LogP contribution in [0.25, 0.3) is 105 Å². The number of fused-ring (bicyclic) bond motifs is 7. The van der Waals surface area contributed by atoms with E-state index in [1.165, 1.54) is 54.8 Å². The Morgan fingerprint density at radius 2 is 0.821 bits per heavy atom. The second kappa shape index (κ2) is 16.0. The Hall–Kier alpha value is -8.92. The van der Waals surface area contributed by atoms with Gasteiger partial charge in [0, 0.05) is 44.2 Å². The van der Waals surface area contributed by atoms with Gasteiger partial charge in [-0.25, -0.2) is 0 Å². The molecule has 3 nitrogen and oxygen atoms in total. The molecule has 0 spiro atoms. The first-order valence-corrected chi connectivity index (χ1v) is 22.9. The van der Waals surface area contributed by atoms with Gasteiger partial charge in [0.2, 0.25) is 0 Å². The molecule has 11 aromatic carbocycles. The molecule has 0 atom stereocenters. The van der Waals surface area contributed by atoms with Gasteiger partial charge in [-0.15, -0.1) is 0 Å². The van der Waals surface area contributed by atoms with E-state index in [1.54, 1.807) is 0 Å². The van der Waals surface area contributed by atoms with Crippen molar-refractivity contribution in [3.63, 3.8) is 0 Å². The van der Waals surface area contributed by atoms with Crippen LogP contribution in [0.2, 0.25) is 0 Å². The molecule has 13 rings (SSSR count). The lowest BCUT2D eigenvalue weighted by Crippen LogP contribution is -2.11. The molecule has 0 amide bonds. The molecule has 0 aliphatic carbocycles. The molecule has 2 heterocycles. The third kappa shape index (κ3) is 6.76. The minimum absolute atomic E-state index is 0.879. The molecule has 0 saturated heterocycles. The Labute approximate surface area is 388 Å². The van der Waals surface area contributed by atoms with Crippen molar-refractivity contribution in [2.24, 2.45) is 0 Å². The molecule has 3 heteroatoms. The van der Waals surface area contributed by atoms with Crippen molar-refractivity contribution < 1.29 is 4.42 Å². The summed E-state index contributed by atoms with van der Waals surface area (Å²) in [6.45, 7) is 0. The van der Waals surface area contributed by atoms with E-state index < -0.39 is 0 Å². The Balaban J connectivity index is 0.881. The summed E-state index contributed by atoms with van der Waals surface area (Å²) in [5, 5.41) is 7.25. The maximum absolute atomic E-state index is 6.40. The molecule has 314 valence electrons. The van der Waals surface area contributed by atoms with Crippen LogP contribution in [0.1, 0.15) is 0 Å². The van der Waals surface area contributed by atoms with Crippen molar-refractivity contribution in [1.29, 1.82) is 0 Å². The molecular formula is C64H42N2O. The lowest BCUT2D eigenvalue weighted by atomic mass is 9.97. The highest BCUT2D eigenvalue weighted by Crippen LogP contribution is 2.44. The number of para-hydroxylation sites is 4. The summed E-state index contributed by atoms with van der Waals surface area (Å²) < 4.78 is 8.78. The monoisotopic (exact) mass is 854 g/mol. The van der Waals surface area contributed by atoms with Gasteiger partial charge in [0.25, 0.3) is 0 Å². The average Bonchev–Trinajstić information content (AvgIpc) is 3.95. The first kappa shape index (κ1) is 38.5. The van der Waals surface area contributed by atoms with Crippen LogP contribution >= 0.6 is 0 Å². The van der Waals surface area contributed by atoms with Gasteiger partial charge >= 0.3 is 0 Å². The van der Waals surface area contributed by atoms with E-state index in [1.807, 2.05) is 12.1 Å². The van der Waals surface area contributed by atoms with Gasteiger partial charge in [0.15, 0.2) is 0 Å². The van der Waals surface area contributed by atoms with E-state index in [-0.39, 0.29) is 0 Å². The molecule has 0 saturated carbocycles. The van der Waals surface area contributed by atoms with Gasteiger partial charge < -0.3 is 13.9 Å². The van der Waals surface area contributed by atoms with Crippen molar-refractivity contribution in [2.45, 2.75) is 0 Å². The maximum atomic E-state index is 6.40. The number of hydrogen-bond donors (Lipinski definition) is 0. The van der Waals surface area contributed by atoms with E-state index in [2.05, 4.69) is 252 Å². The zero-order chi connectivity index (χ0) is 44.3. The molecular weight excluding hydrogens is 813 g/mol. The molecule has 0 radical (unpaired) electrons. The molecule has 0 N–H and O–H groups in total. The summed E-state index contributed by atoms with van der Waals surface area (Å²) >= 11 is 0. The summed E-state index contributed by atoms with van der Waals surface area (Å²) in [4.78, 5) is 2.38. The van der Waals surface area contributed by atoms with Gasteiger partial charge in [-0.2, -0.15) is 0 Å². The van der Waals surface area contributed by atoms with Crippen molar-refractivity contribution >= 4 is 71.6 Å². The summed E-state index contributed by atoms with van der Waals surface area (Å²) in [5.74, 6) is 0. The number of nitrogens with zero attached hydrogens (tertiary/aromatic N) is 2. The van der Waals surface area contributed by atoms with Crippen LogP contribution in [-0.2, 0) is 0 Å². The van der Waals surface area contributed by atoms with Gasteiger partial charge in [-0.1, -0.05) is 170 Å². The Kier molecular flexibility index (Phi) is 9.17. The largest absolute Gasteiger partial charge is 0.456 e. The normalized spacial score (nSPS) is 11.6. The molecule has 2 aromatic heterocycles. The van der Waals surface area contributed by atoms with E-state index >= 15 is 0 Å². The molecule has 0 bridgehead atoms. The molecule has 67 heavy (non-hydrogen) atoms. The average molecular weight is 855 g/mol. The smallest absolute Gasteiger partial charge is 0.136 e. The minimum Gasteiger partial charge on any atom is -0.456 e. The summed E-state index contributed by atoms with van der Waals surface area (Å²) in [7, 11) is 0. The highest BCUT2D eigenvalue weighted by atomic mass is 16.3. The fraction of sp³-hybridized carbons (Fsp3) is 0. The van der Waals surface area contributed by atoms with Crippen LogP contribution < -0.4 is 4.90 Å². The van der Waals surface area contributed by atoms with Crippen LogP contribution in [-0.4, -0.2) is 4.57 Å². The Morgan fingerprint density at radius 3 is 1.55 bits per heavy atom. The van der Waals surface area contributed by atoms with Crippen molar-refractivity contribution in [3.8, 4) is 50.2 Å². The molecule has 0 unspecified atom stereocenters. The molecule has 0 aliphatic heterocycles. The Morgan fingerprint density at radius 1 is 0.299 bits per heavy atom. The van der Waals surface area contributed by atoms with E-state index in [9.17, 15) is 0 Å². The second-order valence-corrected chi connectivity index (χ2v) is 17.3. The van der Waals surface area contributed by atoms with Crippen LogP contribution in [0.4, 0.5) is 17.1 Å². The highest BCUT2D eigenvalue weighted by molar-refractivity contribution is 6.09. The topological polar surface area (TPSA) is 21.3 Å². The fourth-order valence-corrected chi connectivity index (χ4v) is 10.1. The van der Waals surface area contributed by atoms with Crippen molar-refractivity contribution in [3.05, 3.63) is 255 Å². The van der Waals surface area contributed by atoms with Crippen molar-refractivity contribution in [2.75, 3.05) is 4.90 Å². The number of aromatic nitrogens is 1. The van der Waals surface area contributed by atoms with Crippen LogP contribution in [0.5, 0.6) is 0 Å². The Bertz CT molecular complexity index is 3930. The first-order valence-electron chi connectivity index (χ1n) is 22.9. The third-order valence-corrected chi connectivity index (χ3v) is 13.4. The van der Waals surface area contributed by atoms with Crippen LogP contribution in [0, 0.1) is 0 Å². The summed E-state index contributed by atoms with van der Waals surface area (Å²) in [6.07, 6.45) is 0. The maximum Gasteiger partial charge on any atom is 0.136 e. The summed E-state index contributed by atoms with van der Waals surface area (Å²) in [5.41, 5.74) is 17.8. The second-order valence-electron chi connectivity index (χ2n) is 17.3. The van der Waals surface area contributed by atoms with Crippen molar-refractivity contribution in [1.82, 2.24) is 4.57 Å².